The van der Waals surface area contributed by atoms with E-state index in [1.165, 1.54) is 38.2 Å². The van der Waals surface area contributed by atoms with Gasteiger partial charge in [0.1, 0.15) is 0 Å². The summed E-state index contributed by atoms with van der Waals surface area (Å²) in [7, 11) is 0. The maximum atomic E-state index is 12.0. The summed E-state index contributed by atoms with van der Waals surface area (Å²) in [6.45, 7) is 8.33. The van der Waals surface area contributed by atoms with Gasteiger partial charge in [0.2, 0.25) is 0 Å². The zero-order valence-electron chi connectivity index (χ0n) is 17.2. The second-order valence-corrected chi connectivity index (χ2v) is 9.96. The molecule has 3 saturated carbocycles. The first-order chi connectivity index (χ1) is 12.8. The van der Waals surface area contributed by atoms with Crippen molar-refractivity contribution in [3.63, 3.8) is 0 Å². The Bertz CT molecular complexity index is 723. The van der Waals surface area contributed by atoms with Crippen molar-refractivity contribution in [3.8, 4) is 0 Å². The van der Waals surface area contributed by atoms with Crippen molar-refractivity contribution in [2.45, 2.75) is 79.1 Å². The molecular formula is C23H33NO3. The largest absolute Gasteiger partial charge is 0.331 e. The fourth-order valence-corrected chi connectivity index (χ4v) is 7.45. The Morgan fingerprint density at radius 3 is 2.59 bits per heavy atom. The highest BCUT2D eigenvalue weighted by Crippen LogP contribution is 2.66. The van der Waals surface area contributed by atoms with E-state index >= 15 is 0 Å². The Kier molecular flexibility index (Phi) is 4.59. The van der Waals surface area contributed by atoms with Crippen molar-refractivity contribution < 1.29 is 14.4 Å². The third-order valence-electron chi connectivity index (χ3n) is 8.78. The summed E-state index contributed by atoms with van der Waals surface area (Å²) in [6.07, 6.45) is 10.9. The molecule has 0 spiro atoms. The van der Waals surface area contributed by atoms with Gasteiger partial charge in [-0.2, -0.15) is 0 Å². The fourth-order valence-electron chi connectivity index (χ4n) is 7.45. The van der Waals surface area contributed by atoms with E-state index in [0.717, 1.165) is 43.2 Å². The number of rotatable bonds is 2. The summed E-state index contributed by atoms with van der Waals surface area (Å²) in [4.78, 5) is 28.1. The number of carbonyl (C=O) groups excluding carboxylic acids is 2. The van der Waals surface area contributed by atoms with Gasteiger partial charge in [-0.25, -0.2) is 4.79 Å². The average molecular weight is 372 g/mol. The van der Waals surface area contributed by atoms with Crippen LogP contribution in [0.3, 0.4) is 0 Å². The Labute approximate surface area is 162 Å². The molecule has 3 fully saturated rings. The number of fused-ring (bicyclic) bond motifs is 5. The molecule has 0 radical (unpaired) electrons. The van der Waals surface area contributed by atoms with Crippen LogP contribution in [0.5, 0.6) is 0 Å². The average Bonchev–Trinajstić information content (AvgIpc) is 2.97. The van der Waals surface area contributed by atoms with E-state index in [1.54, 1.807) is 0 Å². The summed E-state index contributed by atoms with van der Waals surface area (Å²) >= 11 is 0. The molecule has 0 aliphatic heterocycles. The van der Waals surface area contributed by atoms with Gasteiger partial charge in [-0.05, 0) is 86.5 Å². The van der Waals surface area contributed by atoms with Crippen molar-refractivity contribution in [2.24, 2.45) is 39.7 Å². The number of hydrogen-bond acceptors (Lipinski definition) is 4. The van der Waals surface area contributed by atoms with Gasteiger partial charge in [-0.15, -0.1) is 0 Å². The molecule has 6 atom stereocenters. The molecule has 4 heteroatoms. The summed E-state index contributed by atoms with van der Waals surface area (Å²) in [5, 5.41) is 4.15. The molecule has 0 bridgehead atoms. The minimum absolute atomic E-state index is 0.233. The minimum atomic E-state index is -0.343. The van der Waals surface area contributed by atoms with Gasteiger partial charge in [0, 0.05) is 19.3 Å². The molecule has 0 saturated heterocycles. The second kappa shape index (κ2) is 6.56. The Balaban J connectivity index is 1.59. The molecule has 0 aromatic heterocycles. The first-order valence-corrected chi connectivity index (χ1v) is 10.7. The molecule has 0 aromatic rings. The molecule has 4 aliphatic rings. The second-order valence-electron chi connectivity index (χ2n) is 9.96. The third-order valence-corrected chi connectivity index (χ3v) is 8.78. The topological polar surface area (TPSA) is 55.7 Å². The van der Waals surface area contributed by atoms with E-state index in [1.807, 2.05) is 13.0 Å². The lowest BCUT2D eigenvalue weighted by molar-refractivity contribution is -0.141. The smallest absolute Gasteiger partial charge is 0.319 e. The molecule has 0 aromatic carbocycles. The van der Waals surface area contributed by atoms with Crippen LogP contribution in [-0.4, -0.2) is 17.5 Å². The van der Waals surface area contributed by atoms with Gasteiger partial charge < -0.3 is 4.84 Å². The number of ketones is 1. The molecule has 4 aliphatic carbocycles. The quantitative estimate of drug-likeness (QED) is 0.387. The number of nitrogens with zero attached hydrogens (tertiary/aromatic N) is 1. The first kappa shape index (κ1) is 18.9. The van der Waals surface area contributed by atoms with Gasteiger partial charge in [-0.1, -0.05) is 24.6 Å². The van der Waals surface area contributed by atoms with Gasteiger partial charge in [-0.3, -0.25) is 4.79 Å². The lowest BCUT2D eigenvalue weighted by Crippen LogP contribution is -2.51. The zero-order chi connectivity index (χ0) is 19.4. The highest BCUT2D eigenvalue weighted by molar-refractivity contribution is 5.91. The standard InChI is InChI=1S/C23H33NO3/c1-14(24-27-15(2)25)19-7-8-20-18-6-5-16-13-17(26)9-11-22(16,3)21(18)10-12-23(19,20)4/h13,18-21H,5-12H2,1-4H3/b24-14-/t18?,19-,20?,21?,22+,23-/m1/s1. The number of allylic oxidation sites excluding steroid dienone is 1. The third kappa shape index (κ3) is 2.91. The molecule has 27 heavy (non-hydrogen) atoms. The molecule has 148 valence electrons. The summed E-state index contributed by atoms with van der Waals surface area (Å²) in [6, 6.07) is 0. The van der Waals surface area contributed by atoms with Crippen molar-refractivity contribution in [1.82, 2.24) is 0 Å². The van der Waals surface area contributed by atoms with Crippen molar-refractivity contribution in [1.29, 1.82) is 0 Å². The van der Waals surface area contributed by atoms with E-state index in [0.29, 0.717) is 17.6 Å². The first-order valence-electron chi connectivity index (χ1n) is 10.7. The van der Waals surface area contributed by atoms with Gasteiger partial charge in [0.15, 0.2) is 5.78 Å². The Morgan fingerprint density at radius 2 is 1.85 bits per heavy atom. The van der Waals surface area contributed by atoms with E-state index < -0.39 is 0 Å². The lowest BCUT2D eigenvalue weighted by Gasteiger charge is -2.58. The zero-order valence-corrected chi connectivity index (χ0v) is 17.2. The number of oxime groups is 1. The molecule has 4 rings (SSSR count). The van der Waals surface area contributed by atoms with Crippen molar-refractivity contribution in [2.75, 3.05) is 0 Å². The van der Waals surface area contributed by atoms with Crippen LogP contribution in [-0.2, 0) is 14.4 Å². The summed E-state index contributed by atoms with van der Waals surface area (Å²) in [5.41, 5.74) is 2.92. The van der Waals surface area contributed by atoms with Gasteiger partial charge >= 0.3 is 5.97 Å². The summed E-state index contributed by atoms with van der Waals surface area (Å²) in [5.74, 6) is 2.60. The van der Waals surface area contributed by atoms with E-state index in [-0.39, 0.29) is 16.8 Å². The Hall–Kier alpha value is -1.45. The molecular weight excluding hydrogens is 338 g/mol. The Morgan fingerprint density at radius 1 is 1.07 bits per heavy atom. The van der Waals surface area contributed by atoms with Crippen LogP contribution in [0.25, 0.3) is 0 Å². The fraction of sp³-hybridized carbons (Fsp3) is 0.783. The van der Waals surface area contributed by atoms with Crippen molar-refractivity contribution >= 4 is 17.5 Å². The predicted molar refractivity (Wildman–Crippen MR) is 105 cm³/mol. The normalized spacial score (nSPS) is 44.1. The predicted octanol–water partition coefficient (Wildman–Crippen LogP) is 5.07. The van der Waals surface area contributed by atoms with Crippen LogP contribution in [0.4, 0.5) is 0 Å². The van der Waals surface area contributed by atoms with Crippen LogP contribution >= 0.6 is 0 Å². The molecule has 0 heterocycles. The molecule has 3 unspecified atom stereocenters. The summed E-state index contributed by atoms with van der Waals surface area (Å²) < 4.78 is 0. The van der Waals surface area contributed by atoms with E-state index in [4.69, 9.17) is 4.84 Å². The maximum Gasteiger partial charge on any atom is 0.331 e. The molecule has 4 nitrogen and oxygen atoms in total. The van der Waals surface area contributed by atoms with Crippen LogP contribution in [0.15, 0.2) is 16.8 Å². The van der Waals surface area contributed by atoms with E-state index in [2.05, 4.69) is 19.0 Å². The SMILES string of the molecule is CC(=O)O/N=C(/C)[C@H]1CCC2C3CCC4=CC(=O)CC[C@]4(C)C3CC[C@@]21C. The monoisotopic (exact) mass is 371 g/mol. The number of carbonyl (C=O) groups is 2. The molecule has 0 amide bonds. The number of hydrogen-bond donors (Lipinski definition) is 0. The molecule has 0 N–H and O–H groups in total. The lowest BCUT2D eigenvalue weighted by atomic mass is 9.46. The van der Waals surface area contributed by atoms with Gasteiger partial charge in [0.05, 0.1) is 5.71 Å². The minimum Gasteiger partial charge on any atom is -0.319 e. The van der Waals surface area contributed by atoms with Crippen molar-refractivity contribution in [3.05, 3.63) is 11.6 Å². The van der Waals surface area contributed by atoms with E-state index in [9.17, 15) is 9.59 Å². The van der Waals surface area contributed by atoms with Crippen LogP contribution in [0.1, 0.15) is 79.1 Å². The highest BCUT2D eigenvalue weighted by Gasteiger charge is 2.59. The van der Waals surface area contributed by atoms with Gasteiger partial charge in [0.25, 0.3) is 0 Å². The van der Waals surface area contributed by atoms with Crippen LogP contribution in [0.2, 0.25) is 0 Å². The van der Waals surface area contributed by atoms with Crippen LogP contribution in [0, 0.1) is 34.5 Å². The maximum absolute atomic E-state index is 12.0. The highest BCUT2D eigenvalue weighted by atomic mass is 16.7. The van der Waals surface area contributed by atoms with Crippen LogP contribution < -0.4 is 0 Å².